The Bertz CT molecular complexity index is 701. The van der Waals surface area contributed by atoms with E-state index in [4.69, 9.17) is 0 Å². The molecule has 0 aliphatic carbocycles. The lowest BCUT2D eigenvalue weighted by Crippen LogP contribution is -2.62. The summed E-state index contributed by atoms with van der Waals surface area (Å²) in [6.07, 6.45) is 0. The Kier molecular flexibility index (Phi) is 2.73. The van der Waals surface area contributed by atoms with Crippen molar-refractivity contribution in [3.63, 3.8) is 0 Å². The van der Waals surface area contributed by atoms with E-state index in [9.17, 15) is 9.59 Å². The Hall–Kier alpha value is -2.18. The Labute approximate surface area is 123 Å². The predicted octanol–water partition coefficient (Wildman–Crippen LogP) is 1.08. The number of imidazole rings is 1. The Morgan fingerprint density at radius 3 is 2.33 bits per heavy atom. The van der Waals surface area contributed by atoms with Crippen molar-refractivity contribution in [1.82, 2.24) is 14.4 Å². The molecule has 3 heterocycles. The first-order valence-corrected chi connectivity index (χ1v) is 7.04. The van der Waals surface area contributed by atoms with Crippen LogP contribution in [-0.4, -0.2) is 46.2 Å². The second kappa shape index (κ2) is 4.16. The van der Waals surface area contributed by atoms with Gasteiger partial charge in [0.25, 0.3) is 5.91 Å². The number of hydrogen-bond donors (Lipinski definition) is 0. The van der Waals surface area contributed by atoms with Gasteiger partial charge < -0.3 is 0 Å². The minimum absolute atomic E-state index is 0.232. The molecule has 21 heavy (non-hydrogen) atoms. The zero-order chi connectivity index (χ0) is 15.6. The molecule has 112 valence electrons. The van der Waals surface area contributed by atoms with Crippen LogP contribution in [0.1, 0.15) is 37.3 Å². The van der Waals surface area contributed by atoms with E-state index in [2.05, 4.69) is 23.4 Å². The fourth-order valence-electron chi connectivity index (χ4n) is 3.16. The molecule has 2 aliphatic heterocycles. The van der Waals surface area contributed by atoms with Crippen molar-refractivity contribution in [2.24, 2.45) is 4.99 Å². The summed E-state index contributed by atoms with van der Waals surface area (Å²) in [5, 5.41) is 0. The molecule has 0 aromatic carbocycles. The minimum atomic E-state index is -0.536. The summed E-state index contributed by atoms with van der Waals surface area (Å²) in [5.74, 6) is 1.02. The lowest BCUT2D eigenvalue weighted by Gasteiger charge is -2.30. The summed E-state index contributed by atoms with van der Waals surface area (Å²) in [6.45, 7) is 8.18. The highest BCUT2D eigenvalue weighted by molar-refractivity contribution is 6.18. The Morgan fingerprint density at radius 1 is 1.14 bits per heavy atom. The molecule has 2 aliphatic rings. The molecule has 1 unspecified atom stereocenters. The fraction of sp³-hybridized carbons (Fsp3) is 0.571. The normalized spacial score (nSPS) is 21.1. The molecule has 1 fully saturated rings. The van der Waals surface area contributed by atoms with Gasteiger partial charge in [0.15, 0.2) is 0 Å². The van der Waals surface area contributed by atoms with Gasteiger partial charge >= 0.3 is 12.0 Å². The molecule has 3 amide bonds. The van der Waals surface area contributed by atoms with Crippen LogP contribution in [0.2, 0.25) is 0 Å². The van der Waals surface area contributed by atoms with Crippen molar-refractivity contribution in [3.05, 3.63) is 11.4 Å². The number of amidine groups is 1. The molecule has 1 aromatic heterocycles. The summed E-state index contributed by atoms with van der Waals surface area (Å²) in [5.41, 5.74) is 2.10. The highest BCUT2D eigenvalue weighted by atomic mass is 16.2. The third-order valence-electron chi connectivity index (χ3n) is 4.39. The monoisotopic (exact) mass is 290 g/mol. The second-order valence-electron chi connectivity index (χ2n) is 5.92. The van der Waals surface area contributed by atoms with Gasteiger partial charge in [-0.3, -0.25) is 14.6 Å². The van der Waals surface area contributed by atoms with E-state index in [0.29, 0.717) is 5.84 Å². The number of hydrogen-bond acceptors (Lipinski definition) is 3. The Balaban J connectivity index is 2.26. The minimum Gasteiger partial charge on any atom is -0.270 e. The number of aromatic nitrogens is 2. The number of urea groups is 1. The molecule has 1 atom stereocenters. The first-order valence-electron chi connectivity index (χ1n) is 7.04. The van der Waals surface area contributed by atoms with Crippen molar-refractivity contribution in [1.29, 1.82) is 0 Å². The van der Waals surface area contributed by atoms with E-state index >= 15 is 0 Å². The first kappa shape index (κ1) is 13.8. The lowest BCUT2D eigenvalue weighted by molar-refractivity contribution is -0.682. The summed E-state index contributed by atoms with van der Waals surface area (Å²) in [7, 11) is 3.17. The number of rotatable bonds is 1. The molecule has 0 bridgehead atoms. The van der Waals surface area contributed by atoms with Gasteiger partial charge in [-0.15, -0.1) is 0 Å². The molecule has 0 N–H and O–H groups in total. The number of imide groups is 1. The van der Waals surface area contributed by atoms with Crippen molar-refractivity contribution >= 4 is 23.7 Å². The topological polar surface area (TPSA) is 61.8 Å². The number of likely N-dealkylation sites (N-methyl/N-ethyl adjacent to an activating group) is 2. The highest BCUT2D eigenvalue weighted by Crippen LogP contribution is 2.32. The predicted molar refractivity (Wildman–Crippen MR) is 76.5 cm³/mol. The van der Waals surface area contributed by atoms with Gasteiger partial charge in [0.1, 0.15) is 11.4 Å². The molecular formula is C14H20N5O2+. The molecule has 0 radical (unpaired) electrons. The van der Waals surface area contributed by atoms with Crippen LogP contribution in [0.15, 0.2) is 4.99 Å². The van der Waals surface area contributed by atoms with Crippen molar-refractivity contribution < 1.29 is 14.2 Å². The number of carbonyl (C=O) groups is 2. The van der Waals surface area contributed by atoms with Crippen LogP contribution >= 0.6 is 0 Å². The fourth-order valence-corrected chi connectivity index (χ4v) is 3.16. The molecule has 0 spiro atoms. The van der Waals surface area contributed by atoms with Crippen molar-refractivity contribution in [2.75, 3.05) is 14.1 Å². The number of fused-ring (bicyclic) bond motifs is 3. The zero-order valence-electron chi connectivity index (χ0n) is 13.2. The number of aliphatic imine (C=N–C) groups is 1. The van der Waals surface area contributed by atoms with Gasteiger partial charge in [-0.25, -0.2) is 13.9 Å². The van der Waals surface area contributed by atoms with Crippen LogP contribution in [0.3, 0.4) is 0 Å². The smallest absolute Gasteiger partial charge is 0.270 e. The van der Waals surface area contributed by atoms with Crippen molar-refractivity contribution in [2.45, 2.75) is 39.8 Å². The SMILES string of the molecule is Cc1c(C)[n+]2c(n1C(C)C)N=C1C2C(=O)N(C)C(=O)N1C. The number of nitrogens with zero attached hydrogens (tertiary/aromatic N) is 5. The van der Waals surface area contributed by atoms with Crippen LogP contribution in [-0.2, 0) is 4.79 Å². The summed E-state index contributed by atoms with van der Waals surface area (Å²) < 4.78 is 4.04. The average Bonchev–Trinajstić information content (AvgIpc) is 2.91. The zero-order valence-corrected chi connectivity index (χ0v) is 13.2. The maximum atomic E-state index is 12.5. The summed E-state index contributed by atoms with van der Waals surface area (Å²) >= 11 is 0. The summed E-state index contributed by atoms with van der Waals surface area (Å²) in [4.78, 5) is 31.8. The average molecular weight is 290 g/mol. The van der Waals surface area contributed by atoms with Gasteiger partial charge in [0.05, 0.1) is 6.04 Å². The third kappa shape index (κ3) is 1.54. The molecular weight excluding hydrogens is 270 g/mol. The third-order valence-corrected chi connectivity index (χ3v) is 4.39. The van der Waals surface area contributed by atoms with Crippen LogP contribution in [0, 0.1) is 13.8 Å². The molecule has 7 heteroatoms. The van der Waals surface area contributed by atoms with Gasteiger partial charge in [-0.2, -0.15) is 0 Å². The largest absolute Gasteiger partial charge is 0.402 e. The highest BCUT2D eigenvalue weighted by Gasteiger charge is 2.53. The quantitative estimate of drug-likeness (QED) is 0.727. The lowest BCUT2D eigenvalue weighted by atomic mass is 10.1. The maximum Gasteiger partial charge on any atom is 0.402 e. The van der Waals surface area contributed by atoms with E-state index in [1.165, 1.54) is 11.9 Å². The Morgan fingerprint density at radius 2 is 1.76 bits per heavy atom. The van der Waals surface area contributed by atoms with E-state index in [1.807, 2.05) is 18.4 Å². The van der Waals surface area contributed by atoms with Gasteiger partial charge in [-0.05, 0) is 27.7 Å². The first-order chi connectivity index (χ1) is 9.77. The van der Waals surface area contributed by atoms with Crippen LogP contribution in [0.5, 0.6) is 0 Å². The molecule has 1 saturated heterocycles. The standard InChI is InChI=1S/C14H20N5O2/c1-7(2)18-8(3)9(4)19-10-11(15-13(18)19)16(5)14(21)17(6)12(10)20/h7,10H,1-6H3/q+1. The van der Waals surface area contributed by atoms with Gasteiger partial charge in [0, 0.05) is 14.1 Å². The van der Waals surface area contributed by atoms with E-state index < -0.39 is 6.04 Å². The van der Waals surface area contributed by atoms with Crippen LogP contribution < -0.4 is 4.57 Å². The molecule has 3 rings (SSSR count). The van der Waals surface area contributed by atoms with E-state index in [0.717, 1.165) is 22.2 Å². The van der Waals surface area contributed by atoms with E-state index in [-0.39, 0.29) is 18.0 Å². The maximum absolute atomic E-state index is 12.5. The van der Waals surface area contributed by atoms with E-state index in [1.54, 1.807) is 7.05 Å². The summed E-state index contributed by atoms with van der Waals surface area (Å²) in [6, 6.07) is -0.643. The number of amides is 3. The molecule has 0 saturated carbocycles. The van der Waals surface area contributed by atoms with Crippen molar-refractivity contribution in [3.8, 4) is 0 Å². The van der Waals surface area contributed by atoms with Gasteiger partial charge in [0.2, 0.25) is 11.9 Å². The molecule has 1 aromatic rings. The van der Waals surface area contributed by atoms with Crippen LogP contribution in [0.4, 0.5) is 10.7 Å². The second-order valence-corrected chi connectivity index (χ2v) is 5.92. The number of carbonyl (C=O) groups excluding carboxylic acids is 2. The van der Waals surface area contributed by atoms with Gasteiger partial charge in [-0.1, -0.05) is 4.99 Å². The molecule has 7 nitrogen and oxygen atoms in total. The van der Waals surface area contributed by atoms with Crippen LogP contribution in [0.25, 0.3) is 0 Å².